The van der Waals surface area contributed by atoms with Gasteiger partial charge in [0.05, 0.1) is 31.9 Å². The summed E-state index contributed by atoms with van der Waals surface area (Å²) in [4.78, 5) is 9.39. The Balaban J connectivity index is 1.70. The van der Waals surface area contributed by atoms with Crippen LogP contribution in [0.5, 0.6) is 0 Å². The fraction of sp³-hybridized carbons (Fsp3) is 0.333. The van der Waals surface area contributed by atoms with Crippen LogP contribution in [0.3, 0.4) is 0 Å². The molecule has 4 aliphatic rings. The average Bonchev–Trinajstić information content (AvgIpc) is 3.52. The average molecular weight is 535 g/mol. The van der Waals surface area contributed by atoms with E-state index in [-0.39, 0.29) is 11.1 Å². The van der Waals surface area contributed by atoms with Crippen LogP contribution in [0.25, 0.3) is 9.81 Å². The molecule has 33 heavy (non-hydrogen) atoms. The van der Waals surface area contributed by atoms with Gasteiger partial charge in [-0.05, 0) is 37.1 Å². The first-order valence-electron chi connectivity index (χ1n) is 9.59. The normalized spacial score (nSPS) is 33.1. The van der Waals surface area contributed by atoms with Gasteiger partial charge in [-0.2, -0.15) is 26.3 Å². The summed E-state index contributed by atoms with van der Waals surface area (Å²) in [5.74, 6) is -15.6. The number of hydrogen-bond donors (Lipinski definition) is 0. The van der Waals surface area contributed by atoms with Crippen LogP contribution in [0, 0.1) is 0 Å². The van der Waals surface area contributed by atoms with Crippen LogP contribution < -0.4 is 0 Å². The molecule has 2 atom stereocenters. The molecule has 0 spiro atoms. The van der Waals surface area contributed by atoms with Crippen LogP contribution in [0.1, 0.15) is 25.2 Å². The molecule has 2 aromatic heterocycles. The van der Waals surface area contributed by atoms with Crippen molar-refractivity contribution in [2.45, 2.75) is 41.1 Å². The predicted octanol–water partition coefficient (Wildman–Crippen LogP) is 7.52. The lowest BCUT2D eigenvalue weighted by Crippen LogP contribution is -2.48. The Morgan fingerprint density at radius 2 is 1.06 bits per heavy atom. The highest BCUT2D eigenvalue weighted by atomic mass is 32.2. The number of fused-ring (bicyclic) bond motifs is 4. The highest BCUT2D eigenvalue weighted by Gasteiger charge is 2.84. The lowest BCUT2D eigenvalue weighted by atomic mass is 9.71. The minimum Gasteiger partial charge on any atom is -0.244 e. The molecule has 0 aromatic carbocycles. The molecule has 0 unspecified atom stereocenters. The molecule has 0 radical (unpaired) electrons. The molecule has 0 N–H and O–H groups in total. The van der Waals surface area contributed by atoms with Gasteiger partial charge in [-0.25, -0.2) is 9.97 Å². The maximum absolute atomic E-state index is 15.2. The molecule has 2 nitrogen and oxygen atoms in total. The third-order valence-electron chi connectivity index (χ3n) is 6.69. The van der Waals surface area contributed by atoms with Crippen LogP contribution in [0.4, 0.5) is 26.3 Å². The van der Waals surface area contributed by atoms with Crippen molar-refractivity contribution in [3.8, 4) is 0 Å². The summed E-state index contributed by atoms with van der Waals surface area (Å²) in [7, 11) is 0. The monoisotopic (exact) mass is 534 g/mol. The number of rotatable bonds is 2. The summed E-state index contributed by atoms with van der Waals surface area (Å²) in [6.07, 6.45) is 2.67. The summed E-state index contributed by atoms with van der Waals surface area (Å²) in [5.41, 5.74) is 1.20. The largest absolute Gasteiger partial charge is 0.380 e. The molecular weight excluding hydrogens is 523 g/mol. The van der Waals surface area contributed by atoms with E-state index in [9.17, 15) is 8.78 Å². The second kappa shape index (κ2) is 6.38. The zero-order chi connectivity index (χ0) is 23.6. The molecular formula is C21H12F6N2S4. The standard InChI is InChI=1S/C21H12F6N2S4/c1-17-9(3-13(32-17)11-5-30-7-28-11)15-16(20(24,25)21(26,27)19(15,22)23)10-4-14(33-18(10,17)2)12-6-31-8-29-12/h3-8H,1-2H3/t17-,18-/m1/s1. The first-order chi connectivity index (χ1) is 15.4. The maximum atomic E-state index is 15.2. The Labute approximate surface area is 200 Å². The zero-order valence-electron chi connectivity index (χ0n) is 16.8. The fourth-order valence-corrected chi connectivity index (χ4v) is 9.15. The maximum Gasteiger partial charge on any atom is 0.380 e. The van der Waals surface area contributed by atoms with Crippen LogP contribution in [0.15, 0.2) is 56.2 Å². The summed E-state index contributed by atoms with van der Waals surface area (Å²) in [6.45, 7) is 3.31. The van der Waals surface area contributed by atoms with E-state index in [0.717, 1.165) is 0 Å². The molecule has 1 saturated carbocycles. The smallest absolute Gasteiger partial charge is 0.244 e. The molecule has 0 amide bonds. The van der Waals surface area contributed by atoms with Gasteiger partial charge in [0, 0.05) is 31.7 Å². The van der Waals surface area contributed by atoms with Crippen LogP contribution in [-0.4, -0.2) is 37.2 Å². The topological polar surface area (TPSA) is 25.8 Å². The second-order valence-electron chi connectivity index (χ2n) is 8.34. The molecule has 4 heterocycles. The summed E-state index contributed by atoms with van der Waals surface area (Å²) in [5, 5.41) is 3.41. The third-order valence-corrected chi connectivity index (χ3v) is 11.2. The molecule has 2 aromatic rings. The van der Waals surface area contributed by atoms with Gasteiger partial charge >= 0.3 is 17.8 Å². The van der Waals surface area contributed by atoms with Gasteiger partial charge in [0.25, 0.3) is 0 Å². The number of aromatic nitrogens is 2. The van der Waals surface area contributed by atoms with E-state index in [1.807, 2.05) is 0 Å². The summed E-state index contributed by atoms with van der Waals surface area (Å²) < 4.78 is 87.6. The van der Waals surface area contributed by atoms with Gasteiger partial charge in [-0.15, -0.1) is 46.2 Å². The van der Waals surface area contributed by atoms with Gasteiger partial charge in [-0.1, -0.05) is 0 Å². The van der Waals surface area contributed by atoms with Crippen LogP contribution >= 0.6 is 46.2 Å². The molecule has 0 saturated heterocycles. The van der Waals surface area contributed by atoms with Gasteiger partial charge in [0.15, 0.2) is 0 Å². The Morgan fingerprint density at radius 1 is 0.667 bits per heavy atom. The van der Waals surface area contributed by atoms with Gasteiger partial charge in [0.1, 0.15) is 0 Å². The van der Waals surface area contributed by atoms with Gasteiger partial charge < -0.3 is 0 Å². The number of thiazole rings is 2. The van der Waals surface area contributed by atoms with Gasteiger partial charge in [-0.3, -0.25) is 0 Å². The summed E-state index contributed by atoms with van der Waals surface area (Å²) >= 11 is 4.98. The van der Waals surface area contributed by atoms with Crippen molar-refractivity contribution in [3.63, 3.8) is 0 Å². The molecule has 1 fully saturated rings. The Kier molecular flexibility index (Phi) is 4.25. The molecule has 12 heteroatoms. The van der Waals surface area contributed by atoms with Crippen molar-refractivity contribution in [1.82, 2.24) is 9.97 Å². The molecule has 2 aliphatic heterocycles. The summed E-state index contributed by atoms with van der Waals surface area (Å²) in [6, 6.07) is 0. The van der Waals surface area contributed by atoms with Crippen LogP contribution in [-0.2, 0) is 0 Å². The Morgan fingerprint density at radius 3 is 1.39 bits per heavy atom. The second-order valence-corrected chi connectivity index (χ2v) is 12.7. The molecule has 6 rings (SSSR count). The number of alkyl halides is 6. The molecule has 0 bridgehead atoms. The molecule has 172 valence electrons. The van der Waals surface area contributed by atoms with Crippen molar-refractivity contribution in [2.24, 2.45) is 0 Å². The van der Waals surface area contributed by atoms with E-state index in [1.54, 1.807) is 35.6 Å². The highest BCUT2D eigenvalue weighted by Crippen LogP contribution is 2.75. The third kappa shape index (κ3) is 2.40. The lowest BCUT2D eigenvalue weighted by molar-refractivity contribution is -0.258. The minimum atomic E-state index is -5.55. The quantitative estimate of drug-likeness (QED) is 0.372. The van der Waals surface area contributed by atoms with Crippen molar-refractivity contribution in [2.75, 3.05) is 0 Å². The first-order valence-corrected chi connectivity index (χ1v) is 13.1. The Hall–Kier alpha value is -1.50. The van der Waals surface area contributed by atoms with E-state index in [2.05, 4.69) is 9.97 Å². The Bertz CT molecular complexity index is 1220. The van der Waals surface area contributed by atoms with Crippen molar-refractivity contribution in [1.29, 1.82) is 0 Å². The minimum absolute atomic E-state index is 0.195. The van der Waals surface area contributed by atoms with Crippen molar-refractivity contribution >= 4 is 56.0 Å². The van der Waals surface area contributed by atoms with E-state index in [1.165, 1.54) is 58.3 Å². The number of halogens is 6. The number of allylic oxidation sites excluding steroid dienone is 4. The predicted molar refractivity (Wildman–Crippen MR) is 121 cm³/mol. The van der Waals surface area contributed by atoms with E-state index in [0.29, 0.717) is 21.2 Å². The van der Waals surface area contributed by atoms with E-state index in [4.69, 9.17) is 0 Å². The van der Waals surface area contributed by atoms with Crippen molar-refractivity contribution < 1.29 is 26.3 Å². The van der Waals surface area contributed by atoms with E-state index < -0.39 is 38.4 Å². The fourth-order valence-electron chi connectivity index (χ4n) is 4.83. The van der Waals surface area contributed by atoms with E-state index >= 15 is 17.6 Å². The molecule has 2 aliphatic carbocycles. The number of hydrogen-bond acceptors (Lipinski definition) is 6. The highest BCUT2D eigenvalue weighted by molar-refractivity contribution is 8.14. The lowest BCUT2D eigenvalue weighted by Gasteiger charge is -2.47. The number of nitrogens with zero attached hydrogens (tertiary/aromatic N) is 2. The SMILES string of the molecule is C[C@@]12SC(c3cscn3)=CC1=C1C(=C3C=C(c4cscn4)S[C@]32C)C(F)(F)C(F)(F)C1(F)F. The number of thioether (sulfide) groups is 2. The first kappa shape index (κ1) is 22.0. The zero-order valence-corrected chi connectivity index (χ0v) is 20.0. The van der Waals surface area contributed by atoms with Crippen LogP contribution in [0.2, 0.25) is 0 Å². The van der Waals surface area contributed by atoms with Crippen molar-refractivity contribution in [3.05, 3.63) is 67.6 Å². The van der Waals surface area contributed by atoms with Gasteiger partial charge in [0.2, 0.25) is 0 Å².